The average molecular weight is 233 g/mol. The van der Waals surface area contributed by atoms with Crippen LogP contribution in [0.5, 0.6) is 0 Å². The average Bonchev–Trinajstić information content (AvgIpc) is 2.20. The lowest BCUT2D eigenvalue weighted by Crippen LogP contribution is -2.32. The van der Waals surface area contributed by atoms with E-state index in [0.29, 0.717) is 16.6 Å². The number of carbonyl (C=O) groups excluding carboxylic acids is 1. The van der Waals surface area contributed by atoms with Gasteiger partial charge in [0.2, 0.25) is 0 Å². The molecule has 0 spiro atoms. The molecule has 0 aliphatic heterocycles. The van der Waals surface area contributed by atoms with Gasteiger partial charge in [-0.05, 0) is 11.6 Å². The molecular weight excluding hydrogens is 223 g/mol. The van der Waals surface area contributed by atoms with Crippen molar-refractivity contribution in [1.82, 2.24) is 10.6 Å². The second-order valence-electron chi connectivity index (χ2n) is 2.65. The molecule has 0 atom stereocenters. The summed E-state index contributed by atoms with van der Waals surface area (Å²) in [6.45, 7) is 0.360. The molecule has 2 N–H and O–H groups in total. The molecule has 76 valence electrons. The Labute approximate surface area is 92.4 Å². The third kappa shape index (κ3) is 2.79. The van der Waals surface area contributed by atoms with Gasteiger partial charge in [0.05, 0.1) is 10.0 Å². The van der Waals surface area contributed by atoms with Crippen LogP contribution in [0.2, 0.25) is 10.0 Å². The van der Waals surface area contributed by atoms with Crippen LogP contribution in [0.3, 0.4) is 0 Å². The van der Waals surface area contributed by atoms with Crippen molar-refractivity contribution in [3.8, 4) is 0 Å². The van der Waals surface area contributed by atoms with E-state index >= 15 is 0 Å². The SMILES string of the molecule is CNC(=O)NCc1cccc(Cl)c1Cl. The van der Waals surface area contributed by atoms with Crippen LogP contribution >= 0.6 is 23.2 Å². The molecule has 1 aromatic rings. The van der Waals surface area contributed by atoms with Gasteiger partial charge in [0, 0.05) is 13.6 Å². The third-order valence-corrected chi connectivity index (χ3v) is 2.56. The summed E-state index contributed by atoms with van der Waals surface area (Å²) >= 11 is 11.7. The van der Waals surface area contributed by atoms with E-state index in [-0.39, 0.29) is 6.03 Å². The first kappa shape index (κ1) is 11.1. The van der Waals surface area contributed by atoms with Gasteiger partial charge in [-0.2, -0.15) is 0 Å². The molecule has 14 heavy (non-hydrogen) atoms. The number of nitrogens with one attached hydrogen (secondary N) is 2. The molecule has 1 aromatic carbocycles. The van der Waals surface area contributed by atoms with Gasteiger partial charge in [0.25, 0.3) is 0 Å². The summed E-state index contributed by atoms with van der Waals surface area (Å²) in [5.74, 6) is 0. The highest BCUT2D eigenvalue weighted by atomic mass is 35.5. The molecule has 0 unspecified atom stereocenters. The van der Waals surface area contributed by atoms with Crippen LogP contribution in [-0.4, -0.2) is 13.1 Å². The fraction of sp³-hybridized carbons (Fsp3) is 0.222. The van der Waals surface area contributed by atoms with Gasteiger partial charge < -0.3 is 10.6 Å². The zero-order chi connectivity index (χ0) is 10.6. The molecule has 0 saturated heterocycles. The van der Waals surface area contributed by atoms with Crippen molar-refractivity contribution >= 4 is 29.2 Å². The number of hydrogen-bond acceptors (Lipinski definition) is 1. The molecule has 3 nitrogen and oxygen atoms in total. The lowest BCUT2D eigenvalue weighted by Gasteiger charge is -2.06. The number of carbonyl (C=O) groups is 1. The van der Waals surface area contributed by atoms with Gasteiger partial charge in [0.15, 0.2) is 0 Å². The van der Waals surface area contributed by atoms with E-state index in [4.69, 9.17) is 23.2 Å². The maximum Gasteiger partial charge on any atom is 0.314 e. The van der Waals surface area contributed by atoms with Gasteiger partial charge in [-0.3, -0.25) is 0 Å². The minimum atomic E-state index is -0.249. The number of halogens is 2. The predicted octanol–water partition coefficient (Wildman–Crippen LogP) is 2.42. The molecule has 1 rings (SSSR count). The zero-order valence-corrected chi connectivity index (χ0v) is 9.12. The summed E-state index contributed by atoms with van der Waals surface area (Å²) < 4.78 is 0. The smallest absolute Gasteiger partial charge is 0.314 e. The second kappa shape index (κ2) is 5.08. The minimum absolute atomic E-state index is 0.249. The monoisotopic (exact) mass is 232 g/mol. The quantitative estimate of drug-likeness (QED) is 0.809. The Balaban J connectivity index is 2.68. The Kier molecular flexibility index (Phi) is 4.04. The van der Waals surface area contributed by atoms with Gasteiger partial charge >= 0.3 is 6.03 Å². The maximum absolute atomic E-state index is 10.9. The van der Waals surface area contributed by atoms with Crippen LogP contribution in [0, 0.1) is 0 Å². The summed E-state index contributed by atoms with van der Waals surface area (Å²) in [5, 5.41) is 6.03. The molecule has 0 heterocycles. The van der Waals surface area contributed by atoms with Crippen LogP contribution in [-0.2, 0) is 6.54 Å². The highest BCUT2D eigenvalue weighted by Crippen LogP contribution is 2.25. The fourth-order valence-electron chi connectivity index (χ4n) is 0.949. The fourth-order valence-corrected chi connectivity index (χ4v) is 1.34. The van der Waals surface area contributed by atoms with Crippen molar-refractivity contribution in [3.63, 3.8) is 0 Å². The molecule has 0 aliphatic carbocycles. The Morgan fingerprint density at radius 1 is 1.43 bits per heavy atom. The first-order valence-electron chi connectivity index (χ1n) is 4.03. The van der Waals surface area contributed by atoms with Crippen molar-refractivity contribution < 1.29 is 4.79 Å². The van der Waals surface area contributed by atoms with Gasteiger partial charge in [-0.15, -0.1) is 0 Å². The van der Waals surface area contributed by atoms with E-state index in [0.717, 1.165) is 5.56 Å². The van der Waals surface area contributed by atoms with Crippen LogP contribution in [0.4, 0.5) is 4.79 Å². The third-order valence-electron chi connectivity index (χ3n) is 1.70. The van der Waals surface area contributed by atoms with E-state index in [1.54, 1.807) is 19.2 Å². The Hall–Kier alpha value is -0.930. The van der Waals surface area contributed by atoms with E-state index < -0.39 is 0 Å². The van der Waals surface area contributed by atoms with Gasteiger partial charge in [0.1, 0.15) is 0 Å². The highest BCUT2D eigenvalue weighted by Gasteiger charge is 2.04. The van der Waals surface area contributed by atoms with Gasteiger partial charge in [-0.25, -0.2) is 4.79 Å². The first-order valence-corrected chi connectivity index (χ1v) is 4.79. The molecule has 0 bridgehead atoms. The summed E-state index contributed by atoms with van der Waals surface area (Å²) in [7, 11) is 1.55. The summed E-state index contributed by atoms with van der Waals surface area (Å²) in [4.78, 5) is 10.9. The van der Waals surface area contributed by atoms with E-state index in [1.807, 2.05) is 6.07 Å². The predicted molar refractivity (Wildman–Crippen MR) is 57.8 cm³/mol. The largest absolute Gasteiger partial charge is 0.341 e. The van der Waals surface area contributed by atoms with Crippen molar-refractivity contribution in [2.24, 2.45) is 0 Å². The Morgan fingerprint density at radius 2 is 2.14 bits per heavy atom. The minimum Gasteiger partial charge on any atom is -0.341 e. The van der Waals surface area contributed by atoms with Crippen LogP contribution in [0.15, 0.2) is 18.2 Å². The van der Waals surface area contributed by atoms with Crippen LogP contribution < -0.4 is 10.6 Å². The molecule has 5 heteroatoms. The van der Waals surface area contributed by atoms with Crippen molar-refractivity contribution in [2.75, 3.05) is 7.05 Å². The Bertz CT molecular complexity index is 342. The number of benzene rings is 1. The summed E-state index contributed by atoms with van der Waals surface area (Å²) in [6, 6.07) is 5.05. The second-order valence-corrected chi connectivity index (χ2v) is 3.43. The molecular formula is C9H10Cl2N2O. The number of rotatable bonds is 2. The summed E-state index contributed by atoms with van der Waals surface area (Å²) in [6.07, 6.45) is 0. The van der Waals surface area contributed by atoms with Crippen molar-refractivity contribution in [2.45, 2.75) is 6.54 Å². The first-order chi connectivity index (χ1) is 6.65. The number of amides is 2. The molecule has 0 saturated carbocycles. The number of urea groups is 1. The normalized spacial score (nSPS) is 9.64. The summed E-state index contributed by atoms with van der Waals surface area (Å²) in [5.41, 5.74) is 0.794. The van der Waals surface area contributed by atoms with Gasteiger partial charge in [-0.1, -0.05) is 35.3 Å². The molecule has 0 aromatic heterocycles. The van der Waals surface area contributed by atoms with Crippen LogP contribution in [0.25, 0.3) is 0 Å². The van der Waals surface area contributed by atoms with Crippen LogP contribution in [0.1, 0.15) is 5.56 Å². The highest BCUT2D eigenvalue weighted by molar-refractivity contribution is 6.42. The standard InChI is InChI=1S/C9H10Cl2N2O/c1-12-9(14)13-5-6-3-2-4-7(10)8(6)11/h2-4H,5H2,1H3,(H2,12,13,14). The topological polar surface area (TPSA) is 41.1 Å². The number of hydrogen-bond donors (Lipinski definition) is 2. The molecule has 2 amide bonds. The lowest BCUT2D eigenvalue weighted by molar-refractivity contribution is 0.242. The lowest BCUT2D eigenvalue weighted by atomic mass is 10.2. The molecule has 0 aliphatic rings. The molecule has 0 radical (unpaired) electrons. The van der Waals surface area contributed by atoms with E-state index in [2.05, 4.69) is 10.6 Å². The Morgan fingerprint density at radius 3 is 2.79 bits per heavy atom. The van der Waals surface area contributed by atoms with Crippen molar-refractivity contribution in [3.05, 3.63) is 33.8 Å². The van der Waals surface area contributed by atoms with E-state index in [1.165, 1.54) is 0 Å². The zero-order valence-electron chi connectivity index (χ0n) is 7.60. The molecule has 0 fully saturated rings. The van der Waals surface area contributed by atoms with E-state index in [9.17, 15) is 4.79 Å². The maximum atomic E-state index is 10.9. The van der Waals surface area contributed by atoms with Crippen molar-refractivity contribution in [1.29, 1.82) is 0 Å².